The number of carboxylic acids is 1. The second-order valence-electron chi connectivity index (χ2n) is 7.17. The molecule has 31 heavy (non-hydrogen) atoms. The zero-order valence-corrected chi connectivity index (χ0v) is 19.4. The number of rotatable bonds is 8. The highest BCUT2D eigenvalue weighted by Crippen LogP contribution is 2.45. The van der Waals surface area contributed by atoms with Crippen LogP contribution in [0.4, 0.5) is 10.5 Å². The lowest BCUT2D eigenvalue weighted by atomic mass is 10.1. The van der Waals surface area contributed by atoms with E-state index in [1.165, 1.54) is 0 Å². The van der Waals surface area contributed by atoms with Crippen LogP contribution < -0.4 is 15.4 Å². The largest absolute Gasteiger partial charge is 0.483 e. The van der Waals surface area contributed by atoms with Crippen molar-refractivity contribution < 1.29 is 33.8 Å². The third-order valence-corrected chi connectivity index (χ3v) is 5.75. The third-order valence-electron chi connectivity index (χ3n) is 3.52. The normalized spacial score (nSPS) is 10.8. The minimum absolute atomic E-state index is 0.0330. The molecule has 166 valence electrons. The molecule has 0 bridgehead atoms. The predicted molar refractivity (Wildman–Crippen MR) is 119 cm³/mol. The van der Waals surface area contributed by atoms with Gasteiger partial charge in [0, 0.05) is 5.69 Å². The number of nitrogens with one attached hydrogen (secondary N) is 2. The van der Waals surface area contributed by atoms with Gasteiger partial charge in [0.15, 0.2) is 16.9 Å². The Morgan fingerprint density at radius 2 is 1.84 bits per heavy atom. The number of halogens is 1. The number of benzene rings is 1. The van der Waals surface area contributed by atoms with E-state index < -0.39 is 23.6 Å². The lowest BCUT2D eigenvalue weighted by molar-refractivity contribution is -0.115. The second-order valence-corrected chi connectivity index (χ2v) is 8.98. The van der Waals surface area contributed by atoms with Crippen LogP contribution in [-0.4, -0.2) is 48.1 Å². The molecule has 2 amide bonds. The number of ether oxygens (including phenoxy) is 2. The van der Waals surface area contributed by atoms with Gasteiger partial charge in [0.25, 0.3) is 0 Å². The Morgan fingerprint density at radius 1 is 1.19 bits per heavy atom. The molecule has 0 spiro atoms. The summed E-state index contributed by atoms with van der Waals surface area (Å²) in [5.74, 6) is -1.52. The number of hydrogen-bond acceptors (Lipinski definition) is 7. The zero-order valence-electron chi connectivity index (χ0n) is 17.0. The Balaban J connectivity index is 2.07. The summed E-state index contributed by atoms with van der Waals surface area (Å²) in [6.07, 6.45) is -0.160. The van der Waals surface area contributed by atoms with Crippen LogP contribution >= 0.6 is 27.3 Å². The molecule has 2 aromatic rings. The van der Waals surface area contributed by atoms with E-state index in [2.05, 4.69) is 26.6 Å². The van der Waals surface area contributed by atoms with Gasteiger partial charge in [-0.3, -0.25) is 9.59 Å². The molecule has 0 aliphatic carbocycles. The van der Waals surface area contributed by atoms with E-state index in [-0.39, 0.29) is 23.8 Å². The smallest absolute Gasteiger partial charge is 0.408 e. The molecule has 0 atom stereocenters. The summed E-state index contributed by atoms with van der Waals surface area (Å²) in [4.78, 5) is 46.2. The molecular formula is C20H21BrN2O7S. The first kappa shape index (κ1) is 24.4. The number of alkyl carbamates (subject to hydrolysis) is 1. The molecule has 1 heterocycles. The van der Waals surface area contributed by atoms with Gasteiger partial charge in [0.1, 0.15) is 18.8 Å². The lowest BCUT2D eigenvalue weighted by Crippen LogP contribution is -2.37. The Morgan fingerprint density at radius 3 is 2.39 bits per heavy atom. The van der Waals surface area contributed by atoms with Gasteiger partial charge in [-0.15, -0.1) is 11.3 Å². The molecule has 9 nitrogen and oxygen atoms in total. The van der Waals surface area contributed by atoms with Crippen molar-refractivity contribution in [2.24, 2.45) is 0 Å². The number of hydrogen-bond donors (Lipinski definition) is 3. The van der Waals surface area contributed by atoms with Crippen molar-refractivity contribution in [3.05, 3.63) is 33.6 Å². The second kappa shape index (κ2) is 10.4. The SMILES string of the molecule is CC(C)(C)OC(=O)NCC(=O)Nc1ccc(-c2sc(C(=O)O)c(OCC=O)c2Br)cc1. The van der Waals surface area contributed by atoms with Crippen molar-refractivity contribution in [3.63, 3.8) is 0 Å². The van der Waals surface area contributed by atoms with Crippen LogP contribution in [0.15, 0.2) is 28.7 Å². The van der Waals surface area contributed by atoms with Gasteiger partial charge in [-0.2, -0.15) is 0 Å². The number of aldehydes is 1. The molecule has 1 aromatic carbocycles. The Labute approximate surface area is 190 Å². The number of carbonyl (C=O) groups is 4. The van der Waals surface area contributed by atoms with Gasteiger partial charge in [-0.25, -0.2) is 9.59 Å². The van der Waals surface area contributed by atoms with Gasteiger partial charge in [-0.1, -0.05) is 12.1 Å². The van der Waals surface area contributed by atoms with E-state index in [1.54, 1.807) is 45.0 Å². The molecule has 2 rings (SSSR count). The molecule has 0 aliphatic heterocycles. The van der Waals surface area contributed by atoms with Crippen molar-refractivity contribution in [1.82, 2.24) is 5.32 Å². The van der Waals surface area contributed by atoms with Crippen molar-refractivity contribution in [1.29, 1.82) is 0 Å². The minimum Gasteiger partial charge on any atom is -0.483 e. The molecule has 0 saturated carbocycles. The number of anilines is 1. The predicted octanol–water partition coefficient (Wildman–Crippen LogP) is 3.92. The molecule has 0 unspecified atom stereocenters. The molecule has 0 radical (unpaired) electrons. The lowest BCUT2D eigenvalue weighted by Gasteiger charge is -2.19. The zero-order chi connectivity index (χ0) is 23.2. The molecule has 0 aliphatic rings. The van der Waals surface area contributed by atoms with Gasteiger partial charge < -0.3 is 25.2 Å². The fraction of sp³-hybridized carbons (Fsp3) is 0.300. The molecule has 0 saturated heterocycles. The van der Waals surface area contributed by atoms with Crippen molar-refractivity contribution >= 4 is 57.2 Å². The minimum atomic E-state index is -1.17. The Bertz CT molecular complexity index is 981. The van der Waals surface area contributed by atoms with Crippen LogP contribution in [0.3, 0.4) is 0 Å². The average molecular weight is 513 g/mol. The van der Waals surface area contributed by atoms with Gasteiger partial charge in [0.05, 0.1) is 9.35 Å². The van der Waals surface area contributed by atoms with Gasteiger partial charge >= 0.3 is 12.1 Å². The summed E-state index contributed by atoms with van der Waals surface area (Å²) in [5.41, 5.74) is 0.513. The molecule has 11 heteroatoms. The summed E-state index contributed by atoms with van der Waals surface area (Å²) >= 11 is 4.33. The monoisotopic (exact) mass is 512 g/mol. The standard InChI is InChI=1S/C20H21BrN2O7S/c1-20(2,3)30-19(28)22-10-13(25)23-12-6-4-11(5-7-12)16-14(21)15(29-9-8-24)17(31-16)18(26)27/h4-8H,9-10H2,1-3H3,(H,22,28)(H,23,25)(H,26,27). The van der Waals surface area contributed by atoms with Crippen LogP contribution in [0.5, 0.6) is 5.75 Å². The third kappa shape index (κ3) is 7.07. The van der Waals surface area contributed by atoms with E-state index in [0.717, 1.165) is 11.3 Å². The van der Waals surface area contributed by atoms with Gasteiger partial charge in [0.2, 0.25) is 5.91 Å². The fourth-order valence-corrected chi connectivity index (χ4v) is 4.24. The van der Waals surface area contributed by atoms with Gasteiger partial charge in [-0.05, 0) is 54.4 Å². The number of thiophene rings is 1. The van der Waals surface area contributed by atoms with Crippen LogP contribution in [0.25, 0.3) is 10.4 Å². The topological polar surface area (TPSA) is 131 Å². The Hall–Kier alpha value is -2.92. The number of aromatic carboxylic acids is 1. The number of carbonyl (C=O) groups excluding carboxylic acids is 3. The van der Waals surface area contributed by atoms with Crippen molar-refractivity contribution in [2.45, 2.75) is 26.4 Å². The maximum Gasteiger partial charge on any atom is 0.408 e. The van der Waals surface area contributed by atoms with E-state index in [1.807, 2.05) is 0 Å². The first-order valence-corrected chi connectivity index (χ1v) is 10.6. The molecule has 1 aromatic heterocycles. The molecule has 3 N–H and O–H groups in total. The van der Waals surface area contributed by atoms with E-state index >= 15 is 0 Å². The fourth-order valence-electron chi connectivity index (χ4n) is 2.35. The highest BCUT2D eigenvalue weighted by Gasteiger charge is 2.23. The maximum absolute atomic E-state index is 12.0. The molecule has 0 fully saturated rings. The first-order valence-electron chi connectivity index (χ1n) is 9.01. The summed E-state index contributed by atoms with van der Waals surface area (Å²) in [6.45, 7) is 4.63. The summed E-state index contributed by atoms with van der Waals surface area (Å²) < 4.78 is 10.7. The Kier molecular flexibility index (Phi) is 8.17. The highest BCUT2D eigenvalue weighted by molar-refractivity contribution is 9.10. The number of carboxylic acid groups (broad SMARTS) is 1. The summed E-state index contributed by atoms with van der Waals surface area (Å²) in [7, 11) is 0. The maximum atomic E-state index is 12.0. The summed E-state index contributed by atoms with van der Waals surface area (Å²) in [5, 5.41) is 14.4. The van der Waals surface area contributed by atoms with Crippen molar-refractivity contribution in [2.75, 3.05) is 18.5 Å². The van der Waals surface area contributed by atoms with Crippen molar-refractivity contribution in [3.8, 4) is 16.2 Å². The molecular weight excluding hydrogens is 492 g/mol. The van der Waals surface area contributed by atoms with E-state index in [9.17, 15) is 24.3 Å². The quantitative estimate of drug-likeness (QED) is 0.456. The number of amides is 2. The van der Waals surface area contributed by atoms with E-state index in [4.69, 9.17) is 9.47 Å². The van der Waals surface area contributed by atoms with E-state index in [0.29, 0.717) is 26.9 Å². The average Bonchev–Trinajstić information content (AvgIpc) is 3.01. The van der Waals surface area contributed by atoms with Crippen LogP contribution in [0.2, 0.25) is 0 Å². The van der Waals surface area contributed by atoms with Crippen LogP contribution in [0, 0.1) is 0 Å². The highest BCUT2D eigenvalue weighted by atomic mass is 79.9. The summed E-state index contributed by atoms with van der Waals surface area (Å²) in [6, 6.07) is 6.67. The first-order chi connectivity index (χ1) is 14.5. The van der Waals surface area contributed by atoms with Crippen LogP contribution in [0.1, 0.15) is 30.4 Å². The van der Waals surface area contributed by atoms with Crippen LogP contribution in [-0.2, 0) is 14.3 Å².